The van der Waals surface area contributed by atoms with E-state index >= 15 is 0 Å². The molecule has 0 saturated carbocycles. The van der Waals surface area contributed by atoms with Crippen molar-refractivity contribution in [3.63, 3.8) is 0 Å². The Morgan fingerprint density at radius 2 is 2.00 bits per heavy atom. The Morgan fingerprint density at radius 1 is 1.50 bits per heavy atom. The summed E-state index contributed by atoms with van der Waals surface area (Å²) in [4.78, 5) is 0. The molecule has 0 aromatic rings. The van der Waals surface area contributed by atoms with E-state index < -0.39 is 6.08 Å². The molecule has 1 nitrogen and oxygen atoms in total. The molecule has 0 unspecified atom stereocenters. The second kappa shape index (κ2) is 4.39. The van der Waals surface area contributed by atoms with Gasteiger partial charge in [0.2, 0.25) is 0 Å². The van der Waals surface area contributed by atoms with Crippen LogP contribution in [0.5, 0.6) is 0 Å². The Labute approximate surface area is 60.1 Å². The van der Waals surface area contributed by atoms with E-state index in [4.69, 9.17) is 0 Å². The zero-order chi connectivity index (χ0) is 8.15. The van der Waals surface area contributed by atoms with E-state index in [2.05, 4.69) is 5.32 Å². The van der Waals surface area contributed by atoms with Crippen LogP contribution in [0.3, 0.4) is 0 Å². The third kappa shape index (κ3) is 2.06. The van der Waals surface area contributed by atoms with Gasteiger partial charge < -0.3 is 5.32 Å². The average Bonchev–Trinajstić information content (AvgIpc) is 1.88. The Kier molecular flexibility index (Phi) is 4.19. The summed E-state index contributed by atoms with van der Waals surface area (Å²) in [5, 5.41) is 2.80. The third-order valence-electron chi connectivity index (χ3n) is 1.36. The summed E-state index contributed by atoms with van der Waals surface area (Å²) in [6, 6.07) is -0.0972. The molecule has 0 amide bonds. The maximum Gasteiger partial charge on any atom is 0.272 e. The van der Waals surface area contributed by atoms with Gasteiger partial charge in [0.15, 0.2) is 0 Å². The van der Waals surface area contributed by atoms with E-state index in [0.29, 0.717) is 6.54 Å². The summed E-state index contributed by atoms with van der Waals surface area (Å²) < 4.78 is 23.1. The number of hydrogen-bond donors (Lipinski definition) is 1. The van der Waals surface area contributed by atoms with Crippen LogP contribution in [-0.4, -0.2) is 12.6 Å². The standard InChI is InChI=1S/C5H7F2N.C2H6/c1-3-4(2-8-3)5(6)7;1-2/h3,8H,2H2,1H3;1-2H3/t3-;/m0./s1. The molecule has 1 aliphatic heterocycles. The number of rotatable bonds is 0. The highest BCUT2D eigenvalue weighted by Crippen LogP contribution is 2.17. The minimum absolute atomic E-state index is 0.0972. The van der Waals surface area contributed by atoms with Crippen LogP contribution in [0.25, 0.3) is 0 Å². The maximum atomic E-state index is 11.6. The number of halogens is 2. The third-order valence-corrected chi connectivity index (χ3v) is 1.36. The van der Waals surface area contributed by atoms with E-state index in [0.717, 1.165) is 0 Å². The molecule has 1 atom stereocenters. The van der Waals surface area contributed by atoms with Crippen molar-refractivity contribution in [1.29, 1.82) is 0 Å². The maximum absolute atomic E-state index is 11.6. The van der Waals surface area contributed by atoms with Crippen molar-refractivity contribution in [2.45, 2.75) is 26.8 Å². The zero-order valence-corrected chi connectivity index (χ0v) is 6.54. The van der Waals surface area contributed by atoms with Crippen LogP contribution in [-0.2, 0) is 0 Å². The highest BCUT2D eigenvalue weighted by molar-refractivity contribution is 5.20. The second-order valence-corrected chi connectivity index (χ2v) is 1.89. The Bertz CT molecular complexity index is 128. The fraction of sp³-hybridized carbons (Fsp3) is 0.714. The molecule has 0 bridgehead atoms. The molecule has 0 aliphatic carbocycles. The molecule has 60 valence electrons. The molecule has 10 heavy (non-hydrogen) atoms. The minimum Gasteiger partial charge on any atom is -0.306 e. The molecule has 0 aromatic carbocycles. The molecule has 0 aromatic heterocycles. The summed E-state index contributed by atoms with van der Waals surface area (Å²) >= 11 is 0. The van der Waals surface area contributed by atoms with E-state index in [1.165, 1.54) is 0 Å². The molecule has 1 fully saturated rings. The van der Waals surface area contributed by atoms with Crippen LogP contribution in [0.2, 0.25) is 0 Å². The van der Waals surface area contributed by atoms with Crippen molar-refractivity contribution in [2.75, 3.05) is 6.54 Å². The Balaban J connectivity index is 0.000000371. The minimum atomic E-state index is -1.52. The molecule has 1 aliphatic rings. The van der Waals surface area contributed by atoms with E-state index in [9.17, 15) is 8.78 Å². The molecule has 1 rings (SSSR count). The van der Waals surface area contributed by atoms with Crippen molar-refractivity contribution in [2.24, 2.45) is 0 Å². The van der Waals surface area contributed by atoms with E-state index in [1.54, 1.807) is 6.92 Å². The summed E-state index contributed by atoms with van der Waals surface area (Å²) in [6.45, 7) is 6.08. The largest absolute Gasteiger partial charge is 0.306 e. The number of hydrogen-bond acceptors (Lipinski definition) is 1. The summed E-state index contributed by atoms with van der Waals surface area (Å²) in [6.07, 6.45) is -1.52. The van der Waals surface area contributed by atoms with Gasteiger partial charge in [0.05, 0.1) is 0 Å². The highest BCUT2D eigenvalue weighted by atomic mass is 19.3. The van der Waals surface area contributed by atoms with Gasteiger partial charge in [-0.3, -0.25) is 0 Å². The highest BCUT2D eigenvalue weighted by Gasteiger charge is 2.22. The first-order chi connectivity index (χ1) is 4.72. The summed E-state index contributed by atoms with van der Waals surface area (Å²) in [5.74, 6) is 0. The summed E-state index contributed by atoms with van der Waals surface area (Å²) in [7, 11) is 0. The lowest BCUT2D eigenvalue weighted by Crippen LogP contribution is -2.43. The van der Waals surface area contributed by atoms with Crippen molar-refractivity contribution in [1.82, 2.24) is 5.32 Å². The smallest absolute Gasteiger partial charge is 0.272 e. The van der Waals surface area contributed by atoms with Gasteiger partial charge in [0.25, 0.3) is 6.08 Å². The first-order valence-electron chi connectivity index (χ1n) is 3.49. The van der Waals surface area contributed by atoms with Gasteiger partial charge >= 0.3 is 0 Å². The van der Waals surface area contributed by atoms with Crippen LogP contribution < -0.4 is 5.32 Å². The van der Waals surface area contributed by atoms with Gasteiger partial charge in [-0.25, -0.2) is 0 Å². The fourth-order valence-corrected chi connectivity index (χ4v) is 0.639. The lowest BCUT2D eigenvalue weighted by Gasteiger charge is -2.26. The molecular weight excluding hydrogens is 136 g/mol. The summed E-state index contributed by atoms with van der Waals surface area (Å²) in [5.41, 5.74) is 0.255. The van der Waals surface area contributed by atoms with Crippen LogP contribution in [0, 0.1) is 0 Å². The second-order valence-electron chi connectivity index (χ2n) is 1.89. The molecule has 1 saturated heterocycles. The lowest BCUT2D eigenvalue weighted by molar-refractivity contribution is 0.371. The predicted octanol–water partition coefficient (Wildman–Crippen LogP) is 2.15. The molecule has 1 N–H and O–H groups in total. The van der Waals surface area contributed by atoms with Gasteiger partial charge in [0.1, 0.15) is 0 Å². The SMILES string of the molecule is CC.C[C@@H]1NCC1=C(F)F. The first kappa shape index (κ1) is 9.56. The zero-order valence-electron chi connectivity index (χ0n) is 6.54. The molecule has 0 radical (unpaired) electrons. The monoisotopic (exact) mass is 149 g/mol. The van der Waals surface area contributed by atoms with Crippen LogP contribution in [0.15, 0.2) is 11.7 Å². The van der Waals surface area contributed by atoms with Crippen LogP contribution >= 0.6 is 0 Å². The van der Waals surface area contributed by atoms with Crippen molar-refractivity contribution in [3.05, 3.63) is 11.7 Å². The normalized spacial score (nSPS) is 22.5. The van der Waals surface area contributed by atoms with Crippen molar-refractivity contribution >= 4 is 0 Å². The van der Waals surface area contributed by atoms with Crippen LogP contribution in [0.1, 0.15) is 20.8 Å². The van der Waals surface area contributed by atoms with E-state index in [1.807, 2.05) is 13.8 Å². The molecular formula is C7H13F2N. The van der Waals surface area contributed by atoms with Crippen LogP contribution in [0.4, 0.5) is 8.78 Å². The molecule has 0 spiro atoms. The van der Waals surface area contributed by atoms with Gasteiger partial charge in [0, 0.05) is 18.2 Å². The quantitative estimate of drug-likeness (QED) is 0.556. The predicted molar refractivity (Wildman–Crippen MR) is 38.1 cm³/mol. The molecule has 3 heteroatoms. The van der Waals surface area contributed by atoms with Crippen molar-refractivity contribution < 1.29 is 8.78 Å². The van der Waals surface area contributed by atoms with Gasteiger partial charge in [-0.1, -0.05) is 13.8 Å². The number of nitrogens with one attached hydrogen (secondary N) is 1. The van der Waals surface area contributed by atoms with E-state index in [-0.39, 0.29) is 11.6 Å². The average molecular weight is 149 g/mol. The Hall–Kier alpha value is -0.440. The molecule has 1 heterocycles. The lowest BCUT2D eigenvalue weighted by atomic mass is 10.0. The van der Waals surface area contributed by atoms with Crippen molar-refractivity contribution in [3.8, 4) is 0 Å². The van der Waals surface area contributed by atoms with Gasteiger partial charge in [-0.05, 0) is 6.92 Å². The first-order valence-corrected chi connectivity index (χ1v) is 3.49. The van der Waals surface area contributed by atoms with Gasteiger partial charge in [-0.2, -0.15) is 8.78 Å². The Morgan fingerprint density at radius 3 is 2.00 bits per heavy atom. The fourth-order valence-electron chi connectivity index (χ4n) is 0.639. The van der Waals surface area contributed by atoms with Gasteiger partial charge in [-0.15, -0.1) is 0 Å². The topological polar surface area (TPSA) is 12.0 Å².